The van der Waals surface area contributed by atoms with Crippen molar-refractivity contribution >= 4 is 45.0 Å². The average molecular weight is 488 g/mol. The molecule has 1 atom stereocenters. The number of carbonyl (C=O) groups excluding carboxylic acids is 1. The van der Waals surface area contributed by atoms with Crippen LogP contribution in [0.25, 0.3) is 0 Å². The summed E-state index contributed by atoms with van der Waals surface area (Å²) >= 11 is 15.6. The second kappa shape index (κ2) is 9.16. The Labute approximate surface area is 184 Å². The van der Waals surface area contributed by atoms with E-state index in [2.05, 4.69) is 25.9 Å². The molecule has 1 aromatic carbocycles. The van der Waals surface area contributed by atoms with Crippen molar-refractivity contribution in [1.29, 1.82) is 0 Å². The van der Waals surface area contributed by atoms with Crippen LogP contribution in [-0.2, 0) is 17.9 Å². The van der Waals surface area contributed by atoms with Crippen LogP contribution in [0.5, 0.6) is 0 Å². The molecule has 1 saturated heterocycles. The van der Waals surface area contributed by atoms with Gasteiger partial charge >= 0.3 is 0 Å². The third-order valence-corrected chi connectivity index (χ3v) is 7.12. The number of halogens is 3. The van der Waals surface area contributed by atoms with Gasteiger partial charge < -0.3 is 4.90 Å². The van der Waals surface area contributed by atoms with Crippen LogP contribution in [0.1, 0.15) is 23.9 Å². The van der Waals surface area contributed by atoms with Gasteiger partial charge in [0, 0.05) is 38.4 Å². The monoisotopic (exact) mass is 486 g/mol. The van der Waals surface area contributed by atoms with Gasteiger partial charge in [-0.1, -0.05) is 36.2 Å². The number of carbonyl (C=O) groups is 1. The molecule has 0 aliphatic carbocycles. The number of amides is 1. The van der Waals surface area contributed by atoms with E-state index >= 15 is 0 Å². The average Bonchev–Trinajstić information content (AvgIpc) is 2.91. The molecule has 0 N–H and O–H groups in total. The van der Waals surface area contributed by atoms with Gasteiger partial charge in [-0.2, -0.15) is 5.10 Å². The Bertz CT molecular complexity index is 862. The van der Waals surface area contributed by atoms with Gasteiger partial charge in [0.25, 0.3) is 0 Å². The van der Waals surface area contributed by atoms with Crippen LogP contribution >= 0.6 is 39.1 Å². The van der Waals surface area contributed by atoms with Crippen LogP contribution in [-0.4, -0.2) is 51.7 Å². The minimum atomic E-state index is -0.105. The summed E-state index contributed by atoms with van der Waals surface area (Å²) in [7, 11) is 0. The van der Waals surface area contributed by atoms with E-state index in [9.17, 15) is 4.79 Å². The predicted molar refractivity (Wildman–Crippen MR) is 117 cm³/mol. The topological polar surface area (TPSA) is 41.4 Å². The maximum Gasteiger partial charge on any atom is 0.227 e. The molecule has 0 radical (unpaired) electrons. The highest BCUT2D eigenvalue weighted by Crippen LogP contribution is 2.24. The zero-order valence-electron chi connectivity index (χ0n) is 16.4. The van der Waals surface area contributed by atoms with Gasteiger partial charge in [0.05, 0.1) is 32.7 Å². The summed E-state index contributed by atoms with van der Waals surface area (Å²) in [6.45, 7) is 10.6. The molecule has 1 fully saturated rings. The summed E-state index contributed by atoms with van der Waals surface area (Å²) in [6, 6.07) is 5.74. The third-order valence-electron chi connectivity index (χ3n) is 5.24. The van der Waals surface area contributed by atoms with E-state index in [1.165, 1.54) is 0 Å². The van der Waals surface area contributed by atoms with Crippen molar-refractivity contribution in [3.8, 4) is 0 Å². The van der Waals surface area contributed by atoms with E-state index in [1.807, 2.05) is 48.6 Å². The first-order chi connectivity index (χ1) is 13.3. The first-order valence-corrected chi connectivity index (χ1v) is 11.0. The summed E-state index contributed by atoms with van der Waals surface area (Å²) in [4.78, 5) is 17.2. The van der Waals surface area contributed by atoms with Crippen LogP contribution in [0.15, 0.2) is 22.7 Å². The summed E-state index contributed by atoms with van der Waals surface area (Å²) in [6.07, 6.45) is 0. The lowest BCUT2D eigenvalue weighted by molar-refractivity contribution is -0.137. The Hall–Kier alpha value is -1.08. The molecule has 28 heavy (non-hydrogen) atoms. The number of hydrogen-bond donors (Lipinski definition) is 0. The zero-order valence-corrected chi connectivity index (χ0v) is 19.5. The summed E-state index contributed by atoms with van der Waals surface area (Å²) in [5, 5.41) is 5.67. The quantitative estimate of drug-likeness (QED) is 0.621. The van der Waals surface area contributed by atoms with Gasteiger partial charge in [-0.05, 0) is 47.5 Å². The number of nitrogens with zero attached hydrogens (tertiary/aromatic N) is 4. The van der Waals surface area contributed by atoms with E-state index in [-0.39, 0.29) is 11.8 Å². The fourth-order valence-corrected chi connectivity index (χ4v) is 4.13. The fourth-order valence-electron chi connectivity index (χ4n) is 3.52. The minimum Gasteiger partial charge on any atom is -0.340 e. The Morgan fingerprint density at radius 3 is 2.43 bits per heavy atom. The largest absolute Gasteiger partial charge is 0.340 e. The molecule has 1 aliphatic rings. The molecule has 1 aromatic heterocycles. The van der Waals surface area contributed by atoms with Crippen molar-refractivity contribution in [2.45, 2.75) is 33.9 Å². The lowest BCUT2D eigenvalue weighted by Crippen LogP contribution is -2.50. The Morgan fingerprint density at radius 2 is 1.86 bits per heavy atom. The molecule has 0 spiro atoms. The van der Waals surface area contributed by atoms with Gasteiger partial charge in [0.1, 0.15) is 0 Å². The molecule has 1 aliphatic heterocycles. The normalized spacial score (nSPS) is 16.4. The highest BCUT2D eigenvalue weighted by molar-refractivity contribution is 9.10. The molecule has 2 heterocycles. The van der Waals surface area contributed by atoms with Gasteiger partial charge in [-0.25, -0.2) is 0 Å². The number of rotatable bonds is 5. The van der Waals surface area contributed by atoms with Gasteiger partial charge in [0.2, 0.25) is 5.91 Å². The van der Waals surface area contributed by atoms with Crippen molar-refractivity contribution in [3.63, 3.8) is 0 Å². The molecular formula is C20H25BrCl2N4O. The van der Waals surface area contributed by atoms with Crippen LogP contribution < -0.4 is 0 Å². The van der Waals surface area contributed by atoms with Gasteiger partial charge in [-0.3, -0.25) is 14.4 Å². The molecule has 3 rings (SSSR count). The second-order valence-electron chi connectivity index (χ2n) is 7.42. The maximum absolute atomic E-state index is 12.9. The molecular weight excluding hydrogens is 463 g/mol. The molecule has 5 nitrogen and oxygen atoms in total. The van der Waals surface area contributed by atoms with E-state index in [1.54, 1.807) is 0 Å². The Kier molecular flexibility index (Phi) is 7.07. The molecule has 1 amide bonds. The van der Waals surface area contributed by atoms with E-state index in [0.29, 0.717) is 16.6 Å². The second-order valence-corrected chi connectivity index (χ2v) is 9.03. The zero-order chi connectivity index (χ0) is 20.4. The van der Waals surface area contributed by atoms with Gasteiger partial charge in [-0.15, -0.1) is 0 Å². The highest BCUT2D eigenvalue weighted by Gasteiger charge is 2.26. The maximum atomic E-state index is 12.9. The number of hydrogen-bond acceptors (Lipinski definition) is 3. The molecule has 0 bridgehead atoms. The minimum absolute atomic E-state index is 0.105. The van der Waals surface area contributed by atoms with Crippen molar-refractivity contribution in [3.05, 3.63) is 49.7 Å². The molecule has 8 heteroatoms. The van der Waals surface area contributed by atoms with E-state index in [4.69, 9.17) is 23.2 Å². The summed E-state index contributed by atoms with van der Waals surface area (Å²) < 4.78 is 2.94. The Morgan fingerprint density at radius 1 is 1.18 bits per heavy atom. The first kappa shape index (κ1) is 21.6. The first-order valence-electron chi connectivity index (χ1n) is 9.41. The number of piperazine rings is 1. The van der Waals surface area contributed by atoms with Crippen molar-refractivity contribution in [2.24, 2.45) is 5.92 Å². The highest BCUT2D eigenvalue weighted by atomic mass is 79.9. The van der Waals surface area contributed by atoms with E-state index in [0.717, 1.165) is 54.1 Å². The molecule has 152 valence electrons. The lowest BCUT2D eigenvalue weighted by Gasteiger charge is -2.36. The smallest absolute Gasteiger partial charge is 0.227 e. The van der Waals surface area contributed by atoms with Crippen LogP contribution in [0.2, 0.25) is 10.0 Å². The third kappa shape index (κ3) is 4.90. The Balaban J connectivity index is 1.52. The predicted octanol–water partition coefficient (Wildman–Crippen LogP) is 4.55. The van der Waals surface area contributed by atoms with Crippen LogP contribution in [0.3, 0.4) is 0 Å². The van der Waals surface area contributed by atoms with Crippen molar-refractivity contribution < 1.29 is 4.79 Å². The fraction of sp³-hybridized carbons (Fsp3) is 0.500. The number of aromatic nitrogens is 2. The molecule has 2 aromatic rings. The summed E-state index contributed by atoms with van der Waals surface area (Å²) in [5.74, 6) is 0.0874. The van der Waals surface area contributed by atoms with Crippen molar-refractivity contribution in [1.82, 2.24) is 19.6 Å². The molecule has 0 saturated carbocycles. The lowest BCUT2D eigenvalue weighted by atomic mass is 10.1. The van der Waals surface area contributed by atoms with Gasteiger partial charge in [0.15, 0.2) is 0 Å². The van der Waals surface area contributed by atoms with Crippen LogP contribution in [0.4, 0.5) is 0 Å². The number of aryl methyl sites for hydroxylation is 1. The summed E-state index contributed by atoms with van der Waals surface area (Å²) in [5.41, 5.74) is 3.15. The SMILES string of the molecule is Cc1nn(CC(C)C(=O)N2CCN(Cc3ccc(Cl)c(Cl)c3)CC2)c(C)c1Br. The van der Waals surface area contributed by atoms with E-state index < -0.39 is 0 Å². The van der Waals surface area contributed by atoms with Crippen LogP contribution in [0, 0.1) is 19.8 Å². The number of benzene rings is 1. The molecule has 1 unspecified atom stereocenters. The van der Waals surface area contributed by atoms with Crippen molar-refractivity contribution in [2.75, 3.05) is 26.2 Å². The standard InChI is InChI=1S/C20H25BrCl2N4O/c1-13(11-27-15(3)19(21)14(2)24-27)20(28)26-8-6-25(7-9-26)12-16-4-5-17(22)18(23)10-16/h4-5,10,13H,6-9,11-12H2,1-3H3.